The number of carbonyl (C=O) groups excluding carboxylic acids is 1. The molecule has 2 rings (SSSR count). The van der Waals surface area contributed by atoms with Gasteiger partial charge in [-0.05, 0) is 36.4 Å². The standard InChI is InChI=1S/C16H16ClFN2O/c1-2-19-10-11-5-3-4-6-15(11)20-16(21)13-9-12(17)7-8-14(13)18/h3-9,19H,2,10H2,1H3,(H,20,21). The molecule has 2 N–H and O–H groups in total. The van der Waals surface area contributed by atoms with Crippen LogP contribution in [0, 0.1) is 5.82 Å². The minimum Gasteiger partial charge on any atom is -0.322 e. The normalized spacial score (nSPS) is 10.4. The molecular weight excluding hydrogens is 291 g/mol. The fourth-order valence-corrected chi connectivity index (χ4v) is 2.09. The lowest BCUT2D eigenvalue weighted by atomic mass is 10.1. The third kappa shape index (κ3) is 4.03. The summed E-state index contributed by atoms with van der Waals surface area (Å²) in [5.74, 6) is -1.11. The molecule has 21 heavy (non-hydrogen) atoms. The minimum atomic E-state index is -0.596. The maximum Gasteiger partial charge on any atom is 0.258 e. The summed E-state index contributed by atoms with van der Waals surface area (Å²) in [4.78, 5) is 12.2. The maximum absolute atomic E-state index is 13.7. The zero-order chi connectivity index (χ0) is 15.2. The Morgan fingerprint density at radius 3 is 2.76 bits per heavy atom. The molecule has 0 saturated carbocycles. The Bertz CT molecular complexity index is 646. The Morgan fingerprint density at radius 2 is 2.00 bits per heavy atom. The number of halogens is 2. The molecule has 0 aliphatic rings. The predicted octanol–water partition coefficient (Wildman–Crippen LogP) is 3.84. The van der Waals surface area contributed by atoms with Gasteiger partial charge in [-0.15, -0.1) is 0 Å². The van der Waals surface area contributed by atoms with Crippen molar-refractivity contribution in [3.05, 3.63) is 64.4 Å². The highest BCUT2D eigenvalue weighted by Gasteiger charge is 2.13. The molecule has 2 aromatic rings. The number of anilines is 1. The van der Waals surface area contributed by atoms with Gasteiger partial charge < -0.3 is 10.6 Å². The van der Waals surface area contributed by atoms with Gasteiger partial charge in [0.15, 0.2) is 0 Å². The lowest BCUT2D eigenvalue weighted by molar-refractivity contribution is 0.102. The number of nitrogens with one attached hydrogen (secondary N) is 2. The van der Waals surface area contributed by atoms with Gasteiger partial charge in [-0.25, -0.2) is 4.39 Å². The van der Waals surface area contributed by atoms with E-state index in [-0.39, 0.29) is 5.56 Å². The van der Waals surface area contributed by atoms with Gasteiger partial charge in [-0.2, -0.15) is 0 Å². The van der Waals surface area contributed by atoms with E-state index in [0.29, 0.717) is 17.3 Å². The minimum absolute atomic E-state index is 0.0687. The summed E-state index contributed by atoms with van der Waals surface area (Å²) in [5, 5.41) is 6.24. The monoisotopic (exact) mass is 306 g/mol. The van der Waals surface area contributed by atoms with E-state index in [4.69, 9.17) is 11.6 Å². The van der Waals surface area contributed by atoms with Crippen LogP contribution < -0.4 is 10.6 Å². The van der Waals surface area contributed by atoms with Crippen LogP contribution >= 0.6 is 11.6 Å². The molecule has 0 spiro atoms. The first-order valence-electron chi connectivity index (χ1n) is 6.67. The number of amides is 1. The molecule has 0 aliphatic heterocycles. The first kappa shape index (κ1) is 15.5. The average Bonchev–Trinajstić information content (AvgIpc) is 2.48. The zero-order valence-corrected chi connectivity index (χ0v) is 12.4. The highest BCUT2D eigenvalue weighted by molar-refractivity contribution is 6.31. The zero-order valence-electron chi connectivity index (χ0n) is 11.6. The summed E-state index contributed by atoms with van der Waals surface area (Å²) in [6.45, 7) is 3.46. The average molecular weight is 307 g/mol. The van der Waals surface area contributed by atoms with E-state index in [2.05, 4.69) is 10.6 Å². The third-order valence-electron chi connectivity index (χ3n) is 3.00. The summed E-state index contributed by atoms with van der Waals surface area (Å²) < 4.78 is 13.7. The molecule has 0 unspecified atom stereocenters. The molecular formula is C16H16ClFN2O. The van der Waals surface area contributed by atoms with Gasteiger partial charge in [0, 0.05) is 17.3 Å². The van der Waals surface area contributed by atoms with E-state index in [1.54, 1.807) is 6.07 Å². The lowest BCUT2D eigenvalue weighted by Gasteiger charge is -2.12. The largest absolute Gasteiger partial charge is 0.322 e. The summed E-state index contributed by atoms with van der Waals surface area (Å²) >= 11 is 5.81. The molecule has 0 aromatic heterocycles. The van der Waals surface area contributed by atoms with Crippen molar-refractivity contribution in [1.29, 1.82) is 0 Å². The van der Waals surface area contributed by atoms with Gasteiger partial charge in [-0.3, -0.25) is 4.79 Å². The van der Waals surface area contributed by atoms with Gasteiger partial charge in [0.2, 0.25) is 0 Å². The molecule has 0 bridgehead atoms. The molecule has 2 aromatic carbocycles. The first-order chi connectivity index (χ1) is 10.1. The van der Waals surface area contributed by atoms with E-state index in [1.165, 1.54) is 18.2 Å². The molecule has 1 amide bonds. The molecule has 0 fully saturated rings. The number of para-hydroxylation sites is 1. The van der Waals surface area contributed by atoms with Crippen LogP contribution in [0.1, 0.15) is 22.8 Å². The van der Waals surface area contributed by atoms with Crippen LogP contribution in [-0.4, -0.2) is 12.5 Å². The SMILES string of the molecule is CCNCc1ccccc1NC(=O)c1cc(Cl)ccc1F. The number of rotatable bonds is 5. The molecule has 0 radical (unpaired) electrons. The number of hydrogen-bond acceptors (Lipinski definition) is 2. The van der Waals surface area contributed by atoms with Crippen LogP contribution in [0.2, 0.25) is 5.02 Å². The first-order valence-corrected chi connectivity index (χ1v) is 7.04. The maximum atomic E-state index is 13.7. The smallest absolute Gasteiger partial charge is 0.258 e. The molecule has 3 nitrogen and oxygen atoms in total. The highest BCUT2D eigenvalue weighted by atomic mass is 35.5. The summed E-state index contributed by atoms with van der Waals surface area (Å²) in [6.07, 6.45) is 0. The summed E-state index contributed by atoms with van der Waals surface area (Å²) in [5.41, 5.74) is 1.53. The lowest BCUT2D eigenvalue weighted by Crippen LogP contribution is -2.18. The number of hydrogen-bond donors (Lipinski definition) is 2. The van der Waals surface area contributed by atoms with Crippen molar-refractivity contribution < 1.29 is 9.18 Å². The number of benzene rings is 2. The van der Waals surface area contributed by atoms with Gasteiger partial charge in [0.25, 0.3) is 5.91 Å². The molecule has 0 aliphatic carbocycles. The van der Waals surface area contributed by atoms with E-state index in [9.17, 15) is 9.18 Å². The van der Waals surface area contributed by atoms with Gasteiger partial charge >= 0.3 is 0 Å². The van der Waals surface area contributed by atoms with Crippen molar-refractivity contribution in [3.8, 4) is 0 Å². The Morgan fingerprint density at radius 1 is 1.24 bits per heavy atom. The van der Waals surface area contributed by atoms with Crippen molar-refractivity contribution in [1.82, 2.24) is 5.32 Å². The van der Waals surface area contributed by atoms with Crippen molar-refractivity contribution >= 4 is 23.2 Å². The highest BCUT2D eigenvalue weighted by Crippen LogP contribution is 2.19. The molecule has 0 heterocycles. The van der Waals surface area contributed by atoms with E-state index < -0.39 is 11.7 Å². The third-order valence-corrected chi connectivity index (χ3v) is 3.24. The fraction of sp³-hybridized carbons (Fsp3) is 0.188. The number of carbonyl (C=O) groups is 1. The van der Waals surface area contributed by atoms with E-state index >= 15 is 0 Å². The Labute approximate surface area is 128 Å². The summed E-state index contributed by atoms with van der Waals surface area (Å²) in [6, 6.07) is 11.3. The Balaban J connectivity index is 2.21. The van der Waals surface area contributed by atoms with Crippen LogP contribution in [0.4, 0.5) is 10.1 Å². The quantitative estimate of drug-likeness (QED) is 0.881. The van der Waals surface area contributed by atoms with Gasteiger partial charge in [-0.1, -0.05) is 36.7 Å². The summed E-state index contributed by atoms with van der Waals surface area (Å²) in [7, 11) is 0. The Hall–Kier alpha value is -1.91. The second kappa shape index (κ2) is 7.20. The predicted molar refractivity (Wildman–Crippen MR) is 83.2 cm³/mol. The van der Waals surface area contributed by atoms with Crippen LogP contribution in [0.15, 0.2) is 42.5 Å². The van der Waals surface area contributed by atoms with Crippen LogP contribution in [0.5, 0.6) is 0 Å². The Kier molecular flexibility index (Phi) is 5.31. The topological polar surface area (TPSA) is 41.1 Å². The molecule has 5 heteroatoms. The van der Waals surface area contributed by atoms with Crippen molar-refractivity contribution in [2.24, 2.45) is 0 Å². The van der Waals surface area contributed by atoms with Crippen molar-refractivity contribution in [2.45, 2.75) is 13.5 Å². The second-order valence-electron chi connectivity index (χ2n) is 4.52. The van der Waals surface area contributed by atoms with E-state index in [0.717, 1.165) is 12.1 Å². The van der Waals surface area contributed by atoms with Gasteiger partial charge in [0.05, 0.1) is 5.56 Å². The van der Waals surface area contributed by atoms with Crippen LogP contribution in [-0.2, 0) is 6.54 Å². The molecule has 110 valence electrons. The van der Waals surface area contributed by atoms with E-state index in [1.807, 2.05) is 25.1 Å². The molecule has 0 atom stereocenters. The fourth-order valence-electron chi connectivity index (χ4n) is 1.92. The van der Waals surface area contributed by atoms with Crippen LogP contribution in [0.3, 0.4) is 0 Å². The molecule has 0 saturated heterocycles. The van der Waals surface area contributed by atoms with Crippen molar-refractivity contribution in [3.63, 3.8) is 0 Å². The van der Waals surface area contributed by atoms with Crippen molar-refractivity contribution in [2.75, 3.05) is 11.9 Å². The second-order valence-corrected chi connectivity index (χ2v) is 4.95. The van der Waals surface area contributed by atoms with Crippen LogP contribution in [0.25, 0.3) is 0 Å². The van der Waals surface area contributed by atoms with Gasteiger partial charge in [0.1, 0.15) is 5.82 Å².